The predicted molar refractivity (Wildman–Crippen MR) is 124 cm³/mol. The van der Waals surface area contributed by atoms with E-state index < -0.39 is 0 Å². The van der Waals surface area contributed by atoms with Gasteiger partial charge in [0.25, 0.3) is 5.91 Å². The molecule has 0 aromatic heterocycles. The third-order valence-electron chi connectivity index (χ3n) is 5.39. The van der Waals surface area contributed by atoms with E-state index in [1.54, 1.807) is 0 Å². The van der Waals surface area contributed by atoms with Gasteiger partial charge in [-0.3, -0.25) is 4.79 Å². The number of nitrogens with zero attached hydrogens (tertiary/aromatic N) is 2. The monoisotopic (exact) mass is 406 g/mol. The van der Waals surface area contributed by atoms with Gasteiger partial charge in [0, 0.05) is 31.7 Å². The van der Waals surface area contributed by atoms with E-state index in [0.29, 0.717) is 6.54 Å². The summed E-state index contributed by atoms with van der Waals surface area (Å²) in [6.45, 7) is 6.13. The van der Waals surface area contributed by atoms with E-state index in [2.05, 4.69) is 41.8 Å². The van der Waals surface area contributed by atoms with Gasteiger partial charge in [-0.25, -0.2) is 4.99 Å². The molecule has 0 bridgehead atoms. The second kappa shape index (κ2) is 12.0. The van der Waals surface area contributed by atoms with Crippen molar-refractivity contribution in [3.63, 3.8) is 0 Å². The molecule has 0 saturated carbocycles. The SMILES string of the molecule is CCNC(=NCc1ccc(C(=O)N2CCCCC2)cc1)NCCCc1ccccc1. The van der Waals surface area contributed by atoms with Crippen molar-refractivity contribution in [3.05, 3.63) is 71.3 Å². The highest BCUT2D eigenvalue weighted by Gasteiger charge is 2.17. The lowest BCUT2D eigenvalue weighted by atomic mass is 10.1. The molecule has 2 aromatic rings. The summed E-state index contributed by atoms with van der Waals surface area (Å²) in [6, 6.07) is 18.4. The van der Waals surface area contributed by atoms with Crippen LogP contribution >= 0.6 is 0 Å². The number of aliphatic imine (C=N–C) groups is 1. The molecule has 2 N–H and O–H groups in total. The van der Waals surface area contributed by atoms with Crippen molar-refractivity contribution in [1.29, 1.82) is 0 Å². The minimum absolute atomic E-state index is 0.151. The summed E-state index contributed by atoms with van der Waals surface area (Å²) < 4.78 is 0. The Kier molecular flexibility index (Phi) is 8.76. The molecule has 30 heavy (non-hydrogen) atoms. The maximum absolute atomic E-state index is 12.6. The summed E-state index contributed by atoms with van der Waals surface area (Å²) in [7, 11) is 0. The summed E-state index contributed by atoms with van der Waals surface area (Å²) in [5, 5.41) is 6.71. The van der Waals surface area contributed by atoms with Gasteiger partial charge in [-0.2, -0.15) is 0 Å². The number of nitrogens with one attached hydrogen (secondary N) is 2. The van der Waals surface area contributed by atoms with Crippen LogP contribution in [0, 0.1) is 0 Å². The number of carbonyl (C=O) groups is 1. The van der Waals surface area contributed by atoms with E-state index in [4.69, 9.17) is 4.99 Å². The lowest BCUT2D eigenvalue weighted by Gasteiger charge is -2.26. The van der Waals surface area contributed by atoms with Crippen molar-refractivity contribution in [2.75, 3.05) is 26.2 Å². The van der Waals surface area contributed by atoms with Crippen molar-refractivity contribution in [3.8, 4) is 0 Å². The average molecular weight is 407 g/mol. The summed E-state index contributed by atoms with van der Waals surface area (Å²) in [6.07, 6.45) is 5.57. The van der Waals surface area contributed by atoms with Gasteiger partial charge >= 0.3 is 0 Å². The Hall–Kier alpha value is -2.82. The molecule has 0 aliphatic carbocycles. The summed E-state index contributed by atoms with van der Waals surface area (Å²) in [5.41, 5.74) is 3.24. The summed E-state index contributed by atoms with van der Waals surface area (Å²) in [5.74, 6) is 0.984. The quantitative estimate of drug-likeness (QED) is 0.396. The van der Waals surface area contributed by atoms with Crippen LogP contribution in [0.1, 0.15) is 54.1 Å². The lowest BCUT2D eigenvalue weighted by molar-refractivity contribution is 0.0724. The highest BCUT2D eigenvalue weighted by Crippen LogP contribution is 2.14. The van der Waals surface area contributed by atoms with Gasteiger partial charge in [0.05, 0.1) is 6.54 Å². The molecular weight excluding hydrogens is 372 g/mol. The van der Waals surface area contributed by atoms with Crippen LogP contribution in [-0.4, -0.2) is 42.9 Å². The normalized spacial score (nSPS) is 14.4. The third-order valence-corrected chi connectivity index (χ3v) is 5.39. The number of amides is 1. The maximum Gasteiger partial charge on any atom is 0.253 e. The van der Waals surface area contributed by atoms with E-state index in [9.17, 15) is 4.79 Å². The molecule has 1 heterocycles. The molecule has 0 spiro atoms. The number of benzene rings is 2. The number of carbonyl (C=O) groups excluding carboxylic acids is 1. The number of guanidine groups is 1. The molecule has 5 nitrogen and oxygen atoms in total. The Balaban J connectivity index is 1.48. The van der Waals surface area contributed by atoms with Crippen molar-refractivity contribution in [2.24, 2.45) is 4.99 Å². The zero-order chi connectivity index (χ0) is 21.0. The Morgan fingerprint density at radius 1 is 0.933 bits per heavy atom. The molecule has 1 fully saturated rings. The molecule has 1 aliphatic heterocycles. The molecule has 3 rings (SSSR count). The molecule has 1 amide bonds. The van der Waals surface area contributed by atoms with Crippen molar-refractivity contribution in [2.45, 2.75) is 45.6 Å². The first-order valence-electron chi connectivity index (χ1n) is 11.2. The molecule has 0 atom stereocenters. The first-order chi connectivity index (χ1) is 14.8. The van der Waals surface area contributed by atoms with Crippen LogP contribution in [-0.2, 0) is 13.0 Å². The Bertz CT molecular complexity index is 796. The fourth-order valence-electron chi connectivity index (χ4n) is 3.69. The number of piperidine rings is 1. The highest BCUT2D eigenvalue weighted by atomic mass is 16.2. The van der Waals surface area contributed by atoms with Gasteiger partial charge in [-0.15, -0.1) is 0 Å². The standard InChI is InChI=1S/C25H34N4O/c1-2-26-25(27-17-9-12-21-10-5-3-6-11-21)28-20-22-13-15-23(16-14-22)24(30)29-18-7-4-8-19-29/h3,5-6,10-11,13-16H,2,4,7-9,12,17-20H2,1H3,(H2,26,27,28). The molecule has 1 saturated heterocycles. The van der Waals surface area contributed by atoms with Crippen molar-refractivity contribution in [1.82, 2.24) is 15.5 Å². The average Bonchev–Trinajstić information content (AvgIpc) is 2.81. The van der Waals surface area contributed by atoms with E-state index in [1.165, 1.54) is 12.0 Å². The zero-order valence-electron chi connectivity index (χ0n) is 18.1. The number of hydrogen-bond donors (Lipinski definition) is 2. The van der Waals surface area contributed by atoms with Gasteiger partial charge in [-0.05, 0) is 62.3 Å². The number of likely N-dealkylation sites (tertiary alicyclic amines) is 1. The van der Waals surface area contributed by atoms with Crippen LogP contribution in [0.3, 0.4) is 0 Å². The van der Waals surface area contributed by atoms with E-state index in [-0.39, 0.29) is 5.91 Å². The fraction of sp³-hybridized carbons (Fsp3) is 0.440. The van der Waals surface area contributed by atoms with Crippen LogP contribution < -0.4 is 10.6 Å². The minimum Gasteiger partial charge on any atom is -0.357 e. The van der Waals surface area contributed by atoms with Crippen LogP contribution in [0.25, 0.3) is 0 Å². The molecule has 0 radical (unpaired) electrons. The van der Waals surface area contributed by atoms with Crippen molar-refractivity contribution < 1.29 is 4.79 Å². The molecule has 2 aromatic carbocycles. The lowest BCUT2D eigenvalue weighted by Crippen LogP contribution is -2.37. The van der Waals surface area contributed by atoms with Gasteiger partial charge in [-0.1, -0.05) is 42.5 Å². The number of hydrogen-bond acceptors (Lipinski definition) is 2. The van der Waals surface area contributed by atoms with Crippen molar-refractivity contribution >= 4 is 11.9 Å². The summed E-state index contributed by atoms with van der Waals surface area (Å²) >= 11 is 0. The van der Waals surface area contributed by atoms with Gasteiger partial charge in [0.2, 0.25) is 0 Å². The van der Waals surface area contributed by atoms with E-state index >= 15 is 0 Å². The van der Waals surface area contributed by atoms with Crippen LogP contribution in [0.5, 0.6) is 0 Å². The highest BCUT2D eigenvalue weighted by molar-refractivity contribution is 5.94. The Labute approximate surface area is 180 Å². The van der Waals surface area contributed by atoms with Gasteiger partial charge < -0.3 is 15.5 Å². The second-order valence-corrected chi connectivity index (χ2v) is 7.76. The molecule has 1 aliphatic rings. The molecular formula is C25H34N4O. The minimum atomic E-state index is 0.151. The van der Waals surface area contributed by atoms with Crippen LogP contribution in [0.4, 0.5) is 0 Å². The van der Waals surface area contributed by atoms with Gasteiger partial charge in [0.15, 0.2) is 5.96 Å². The molecule has 0 unspecified atom stereocenters. The Morgan fingerprint density at radius 2 is 1.67 bits per heavy atom. The molecule has 160 valence electrons. The first kappa shape index (κ1) is 21.9. The Morgan fingerprint density at radius 3 is 2.37 bits per heavy atom. The fourth-order valence-corrected chi connectivity index (χ4v) is 3.69. The van der Waals surface area contributed by atoms with Crippen LogP contribution in [0.2, 0.25) is 0 Å². The predicted octanol–water partition coefficient (Wildman–Crippen LogP) is 4.00. The second-order valence-electron chi connectivity index (χ2n) is 7.76. The van der Waals surface area contributed by atoms with E-state index in [1.807, 2.05) is 35.2 Å². The first-order valence-corrected chi connectivity index (χ1v) is 11.2. The molecule has 5 heteroatoms. The van der Waals surface area contributed by atoms with Gasteiger partial charge in [0.1, 0.15) is 0 Å². The number of aryl methyl sites for hydroxylation is 1. The van der Waals surface area contributed by atoms with E-state index in [0.717, 1.165) is 68.9 Å². The third kappa shape index (κ3) is 6.90. The maximum atomic E-state index is 12.6. The zero-order valence-corrected chi connectivity index (χ0v) is 18.1. The number of rotatable bonds is 8. The topological polar surface area (TPSA) is 56.7 Å². The largest absolute Gasteiger partial charge is 0.357 e. The smallest absolute Gasteiger partial charge is 0.253 e. The summed E-state index contributed by atoms with van der Waals surface area (Å²) in [4.78, 5) is 19.3. The van der Waals surface area contributed by atoms with Crippen LogP contribution in [0.15, 0.2) is 59.6 Å².